The fraction of sp³-hybridized carbons (Fsp3) is 0.688. The summed E-state index contributed by atoms with van der Waals surface area (Å²) in [4.78, 5) is 4.20. The van der Waals surface area contributed by atoms with Crippen LogP contribution in [0.25, 0.3) is 0 Å². The number of sulfonamides is 1. The summed E-state index contributed by atoms with van der Waals surface area (Å²) in [7, 11) is -3.21. The highest BCUT2D eigenvalue weighted by atomic mass is 32.2. The van der Waals surface area contributed by atoms with Crippen molar-refractivity contribution in [3.8, 4) is 5.75 Å². The Kier molecular flexibility index (Phi) is 5.18. The third-order valence-corrected chi connectivity index (χ3v) is 6.49. The first kappa shape index (κ1) is 16.7. The van der Waals surface area contributed by atoms with Crippen molar-refractivity contribution in [3.63, 3.8) is 0 Å². The van der Waals surface area contributed by atoms with Crippen molar-refractivity contribution < 1.29 is 17.9 Å². The van der Waals surface area contributed by atoms with E-state index in [9.17, 15) is 8.42 Å². The average molecular weight is 340 g/mol. The van der Waals surface area contributed by atoms with Crippen LogP contribution in [0.1, 0.15) is 25.0 Å². The van der Waals surface area contributed by atoms with Crippen molar-refractivity contribution >= 4 is 10.0 Å². The van der Waals surface area contributed by atoms with Crippen LogP contribution in [-0.2, 0) is 14.8 Å². The lowest BCUT2D eigenvalue weighted by Gasteiger charge is -2.24. The van der Waals surface area contributed by atoms with Crippen LogP contribution in [0, 0.1) is 12.8 Å². The lowest BCUT2D eigenvalue weighted by Crippen LogP contribution is -2.36. The summed E-state index contributed by atoms with van der Waals surface area (Å²) < 4.78 is 37.9. The summed E-state index contributed by atoms with van der Waals surface area (Å²) in [5.41, 5.74) is 0.935. The predicted octanol–water partition coefficient (Wildman–Crippen LogP) is 1.60. The van der Waals surface area contributed by atoms with E-state index in [1.807, 2.05) is 19.1 Å². The number of rotatable bonds is 5. The van der Waals surface area contributed by atoms with Gasteiger partial charge in [0, 0.05) is 25.5 Å². The summed E-state index contributed by atoms with van der Waals surface area (Å²) in [6, 6.07) is 3.77. The SMILES string of the molecule is Cc1ccc(O[C@@H]2CCN(S(=O)(=O)CC3CCOCC3)C2)cn1. The zero-order chi connectivity index (χ0) is 16.3. The molecular formula is C16H24N2O4S. The molecule has 7 heteroatoms. The molecule has 0 unspecified atom stereocenters. The number of nitrogens with zero attached hydrogens (tertiary/aromatic N) is 2. The maximum atomic E-state index is 12.6. The van der Waals surface area contributed by atoms with E-state index in [4.69, 9.17) is 9.47 Å². The first-order chi connectivity index (χ1) is 11.0. The number of hydrogen-bond donors (Lipinski definition) is 0. The quantitative estimate of drug-likeness (QED) is 0.814. The van der Waals surface area contributed by atoms with Crippen LogP contribution in [0.2, 0.25) is 0 Å². The smallest absolute Gasteiger partial charge is 0.214 e. The highest BCUT2D eigenvalue weighted by Crippen LogP contribution is 2.23. The Morgan fingerprint density at radius 1 is 1.30 bits per heavy atom. The zero-order valence-corrected chi connectivity index (χ0v) is 14.3. The van der Waals surface area contributed by atoms with Gasteiger partial charge >= 0.3 is 0 Å². The fourth-order valence-corrected chi connectivity index (χ4v) is 5.00. The van der Waals surface area contributed by atoms with Gasteiger partial charge < -0.3 is 9.47 Å². The van der Waals surface area contributed by atoms with E-state index in [2.05, 4.69) is 4.98 Å². The van der Waals surface area contributed by atoms with Crippen LogP contribution in [-0.4, -0.2) is 55.9 Å². The van der Waals surface area contributed by atoms with Crippen LogP contribution >= 0.6 is 0 Å². The Bertz CT molecular complexity index is 611. The van der Waals surface area contributed by atoms with Crippen LogP contribution < -0.4 is 4.74 Å². The normalized spacial score (nSPS) is 24.0. The van der Waals surface area contributed by atoms with E-state index in [1.54, 1.807) is 10.5 Å². The van der Waals surface area contributed by atoms with Crippen molar-refractivity contribution in [2.24, 2.45) is 5.92 Å². The minimum Gasteiger partial charge on any atom is -0.487 e. The maximum Gasteiger partial charge on any atom is 0.214 e. The summed E-state index contributed by atoms with van der Waals surface area (Å²) >= 11 is 0. The third-order valence-electron chi connectivity index (χ3n) is 4.48. The number of aromatic nitrogens is 1. The predicted molar refractivity (Wildman–Crippen MR) is 86.9 cm³/mol. The van der Waals surface area contributed by atoms with Crippen LogP contribution in [0.5, 0.6) is 5.75 Å². The molecule has 1 aromatic heterocycles. The van der Waals surface area contributed by atoms with Gasteiger partial charge in [-0.3, -0.25) is 4.98 Å². The van der Waals surface area contributed by atoms with Gasteiger partial charge in [-0.15, -0.1) is 0 Å². The number of ether oxygens (including phenoxy) is 2. The number of hydrogen-bond acceptors (Lipinski definition) is 5. The van der Waals surface area contributed by atoms with E-state index in [-0.39, 0.29) is 17.8 Å². The molecule has 23 heavy (non-hydrogen) atoms. The van der Waals surface area contributed by atoms with Gasteiger partial charge in [0.1, 0.15) is 11.9 Å². The molecule has 0 amide bonds. The highest BCUT2D eigenvalue weighted by Gasteiger charge is 2.34. The average Bonchev–Trinajstić information content (AvgIpc) is 3.00. The molecule has 1 atom stereocenters. The maximum absolute atomic E-state index is 12.6. The highest BCUT2D eigenvalue weighted by molar-refractivity contribution is 7.89. The van der Waals surface area contributed by atoms with Gasteiger partial charge in [0.15, 0.2) is 0 Å². The van der Waals surface area contributed by atoms with Gasteiger partial charge in [-0.05, 0) is 44.2 Å². The van der Waals surface area contributed by atoms with Gasteiger partial charge in [0.25, 0.3) is 0 Å². The molecule has 2 aliphatic heterocycles. The second-order valence-corrected chi connectivity index (χ2v) is 8.37. The van der Waals surface area contributed by atoms with Crippen LogP contribution in [0.15, 0.2) is 18.3 Å². The van der Waals surface area contributed by atoms with E-state index >= 15 is 0 Å². The van der Waals surface area contributed by atoms with E-state index in [0.29, 0.717) is 32.1 Å². The molecule has 128 valence electrons. The lowest BCUT2D eigenvalue weighted by molar-refractivity contribution is 0.0720. The molecule has 0 bridgehead atoms. The topological polar surface area (TPSA) is 68.7 Å². The first-order valence-electron chi connectivity index (χ1n) is 8.18. The Morgan fingerprint density at radius 2 is 2.09 bits per heavy atom. The molecule has 0 aromatic carbocycles. The Labute approximate surface area is 137 Å². The second kappa shape index (κ2) is 7.15. The number of pyridine rings is 1. The molecule has 3 rings (SSSR count). The van der Waals surface area contributed by atoms with Gasteiger partial charge in [0.05, 0.1) is 18.5 Å². The van der Waals surface area contributed by atoms with Crippen LogP contribution in [0.4, 0.5) is 0 Å². The zero-order valence-electron chi connectivity index (χ0n) is 13.5. The minimum absolute atomic E-state index is 0.0935. The Morgan fingerprint density at radius 3 is 2.78 bits per heavy atom. The van der Waals surface area contributed by atoms with Crippen LogP contribution in [0.3, 0.4) is 0 Å². The van der Waals surface area contributed by atoms with Gasteiger partial charge in [-0.2, -0.15) is 4.31 Å². The molecule has 1 aromatic rings. The standard InChI is InChI=1S/C16H24N2O4S/c1-13-2-3-15(10-17-13)22-16-4-7-18(11-16)23(19,20)12-14-5-8-21-9-6-14/h2-3,10,14,16H,4-9,11-12H2,1H3/t16-/m1/s1. The van der Waals surface area contributed by atoms with Gasteiger partial charge in [-0.1, -0.05) is 0 Å². The second-order valence-electron chi connectivity index (χ2n) is 6.36. The molecule has 0 saturated carbocycles. The lowest BCUT2D eigenvalue weighted by atomic mass is 10.0. The Hall–Kier alpha value is -1.18. The molecule has 2 aliphatic rings. The van der Waals surface area contributed by atoms with Crippen molar-refractivity contribution in [1.29, 1.82) is 0 Å². The van der Waals surface area contributed by atoms with E-state index in [0.717, 1.165) is 25.0 Å². The summed E-state index contributed by atoms with van der Waals surface area (Å²) in [5.74, 6) is 1.15. The number of aryl methyl sites for hydroxylation is 1. The molecule has 2 saturated heterocycles. The van der Waals surface area contributed by atoms with Crippen molar-refractivity contribution in [1.82, 2.24) is 9.29 Å². The molecule has 0 N–H and O–H groups in total. The minimum atomic E-state index is -3.21. The third kappa shape index (κ3) is 4.43. The molecule has 0 aliphatic carbocycles. The molecule has 0 radical (unpaired) electrons. The summed E-state index contributed by atoms with van der Waals surface area (Å²) in [6.45, 7) is 4.23. The largest absolute Gasteiger partial charge is 0.487 e. The van der Waals surface area contributed by atoms with Crippen molar-refractivity contribution in [2.45, 2.75) is 32.3 Å². The monoisotopic (exact) mass is 340 g/mol. The van der Waals surface area contributed by atoms with Crippen molar-refractivity contribution in [2.75, 3.05) is 32.1 Å². The molecule has 6 nitrogen and oxygen atoms in total. The molecule has 3 heterocycles. The van der Waals surface area contributed by atoms with E-state index in [1.165, 1.54) is 0 Å². The molecular weight excluding hydrogens is 316 g/mol. The summed E-state index contributed by atoms with van der Waals surface area (Å²) in [5, 5.41) is 0. The molecule has 0 spiro atoms. The molecule has 2 fully saturated rings. The van der Waals surface area contributed by atoms with Crippen molar-refractivity contribution in [3.05, 3.63) is 24.0 Å². The van der Waals surface area contributed by atoms with Gasteiger partial charge in [-0.25, -0.2) is 8.42 Å². The summed E-state index contributed by atoms with van der Waals surface area (Å²) in [6.07, 6.45) is 3.99. The fourth-order valence-electron chi connectivity index (χ4n) is 3.08. The first-order valence-corrected chi connectivity index (χ1v) is 9.79. The van der Waals surface area contributed by atoms with Gasteiger partial charge in [0.2, 0.25) is 10.0 Å². The Balaban J connectivity index is 1.54. The van der Waals surface area contributed by atoms with E-state index < -0.39 is 10.0 Å².